The van der Waals surface area contributed by atoms with E-state index >= 15 is 0 Å². The van der Waals surface area contributed by atoms with Gasteiger partial charge in [-0.25, -0.2) is 4.99 Å². The molecule has 26 heavy (non-hydrogen) atoms. The second-order valence-electron chi connectivity index (χ2n) is 5.93. The Labute approximate surface area is 160 Å². The van der Waals surface area contributed by atoms with Crippen molar-refractivity contribution in [3.63, 3.8) is 0 Å². The fourth-order valence-corrected chi connectivity index (χ4v) is 3.66. The van der Waals surface area contributed by atoms with Crippen molar-refractivity contribution < 1.29 is 14.3 Å². The van der Waals surface area contributed by atoms with Crippen molar-refractivity contribution >= 4 is 46.2 Å². The number of halogens is 1. The third kappa shape index (κ3) is 3.18. The summed E-state index contributed by atoms with van der Waals surface area (Å²) >= 11 is 7.43. The van der Waals surface area contributed by atoms with Crippen molar-refractivity contribution in [1.82, 2.24) is 5.32 Å². The van der Waals surface area contributed by atoms with E-state index in [0.717, 1.165) is 28.1 Å². The van der Waals surface area contributed by atoms with Crippen LogP contribution in [0.25, 0.3) is 6.08 Å². The molecule has 0 bridgehead atoms. The van der Waals surface area contributed by atoms with Gasteiger partial charge in [0.1, 0.15) is 0 Å². The van der Waals surface area contributed by atoms with Gasteiger partial charge >= 0.3 is 0 Å². The predicted octanol–water partition coefficient (Wildman–Crippen LogP) is 4.58. The summed E-state index contributed by atoms with van der Waals surface area (Å²) in [6.07, 6.45) is 1.84. The number of amides is 1. The molecule has 0 saturated carbocycles. The number of aryl methyl sites for hydroxylation is 1. The van der Waals surface area contributed by atoms with Crippen LogP contribution in [0.3, 0.4) is 0 Å². The maximum absolute atomic E-state index is 12.3. The largest absolute Gasteiger partial charge is 0.454 e. The van der Waals surface area contributed by atoms with Gasteiger partial charge in [-0.15, -0.1) is 0 Å². The van der Waals surface area contributed by atoms with Gasteiger partial charge in [0.15, 0.2) is 16.7 Å². The van der Waals surface area contributed by atoms with Gasteiger partial charge in [0.2, 0.25) is 6.79 Å². The first-order valence-corrected chi connectivity index (χ1v) is 9.15. The summed E-state index contributed by atoms with van der Waals surface area (Å²) in [6.45, 7) is 4.09. The molecule has 0 aromatic heterocycles. The summed E-state index contributed by atoms with van der Waals surface area (Å²) < 4.78 is 10.8. The molecular weight excluding hydrogens is 372 g/mol. The third-order valence-electron chi connectivity index (χ3n) is 4.16. The van der Waals surface area contributed by atoms with Crippen LogP contribution in [0.2, 0.25) is 5.02 Å². The summed E-state index contributed by atoms with van der Waals surface area (Å²) in [4.78, 5) is 17.4. The number of fused-ring (bicyclic) bond motifs is 1. The van der Waals surface area contributed by atoms with E-state index in [1.54, 1.807) is 0 Å². The van der Waals surface area contributed by atoms with Crippen LogP contribution in [0.5, 0.6) is 11.5 Å². The maximum atomic E-state index is 12.3. The minimum absolute atomic E-state index is 0.175. The molecule has 0 aliphatic carbocycles. The van der Waals surface area contributed by atoms with Gasteiger partial charge in [-0.3, -0.25) is 4.79 Å². The lowest BCUT2D eigenvalue weighted by Crippen LogP contribution is -2.19. The number of nitrogens with zero attached hydrogens (tertiary/aromatic N) is 1. The Hall–Kier alpha value is -2.44. The Morgan fingerprint density at radius 3 is 2.81 bits per heavy atom. The van der Waals surface area contributed by atoms with Gasteiger partial charge in [-0.05, 0) is 72.6 Å². The summed E-state index contributed by atoms with van der Waals surface area (Å²) in [7, 11) is 0. The van der Waals surface area contributed by atoms with Crippen molar-refractivity contribution in [1.29, 1.82) is 0 Å². The highest BCUT2D eigenvalue weighted by Gasteiger charge is 2.25. The van der Waals surface area contributed by atoms with Crippen LogP contribution in [-0.2, 0) is 4.79 Å². The summed E-state index contributed by atoms with van der Waals surface area (Å²) in [5, 5.41) is 3.98. The van der Waals surface area contributed by atoms with Gasteiger partial charge in [0.05, 0.1) is 10.6 Å². The number of benzene rings is 2. The molecule has 0 spiro atoms. The molecule has 2 aromatic carbocycles. The zero-order chi connectivity index (χ0) is 18.3. The van der Waals surface area contributed by atoms with Gasteiger partial charge in [-0.1, -0.05) is 17.7 Å². The fourth-order valence-electron chi connectivity index (χ4n) is 2.66. The monoisotopic (exact) mass is 386 g/mol. The number of thioether (sulfide) groups is 1. The second-order valence-corrected chi connectivity index (χ2v) is 7.37. The molecule has 7 heteroatoms. The number of ether oxygens (including phenoxy) is 2. The van der Waals surface area contributed by atoms with Crippen molar-refractivity contribution in [2.75, 3.05) is 6.79 Å². The Kier molecular flexibility index (Phi) is 4.38. The molecule has 132 valence electrons. The third-order valence-corrected chi connectivity index (χ3v) is 5.48. The minimum Gasteiger partial charge on any atom is -0.454 e. The first-order valence-electron chi connectivity index (χ1n) is 7.96. The molecule has 1 fully saturated rings. The Morgan fingerprint density at radius 2 is 2.00 bits per heavy atom. The lowest BCUT2D eigenvalue weighted by Gasteiger charge is -2.04. The molecule has 2 aromatic rings. The number of rotatable bonds is 2. The molecule has 1 saturated heterocycles. The van der Waals surface area contributed by atoms with Crippen LogP contribution >= 0.6 is 23.4 Å². The van der Waals surface area contributed by atoms with Crippen molar-refractivity contribution in [2.45, 2.75) is 13.8 Å². The number of hydrogen-bond acceptors (Lipinski definition) is 5. The molecule has 4 rings (SSSR count). The zero-order valence-corrected chi connectivity index (χ0v) is 15.7. The average Bonchev–Trinajstić information content (AvgIpc) is 3.18. The molecule has 2 heterocycles. The smallest absolute Gasteiger partial charge is 0.264 e. The summed E-state index contributed by atoms with van der Waals surface area (Å²) in [6, 6.07) is 9.31. The van der Waals surface area contributed by atoms with E-state index in [1.165, 1.54) is 11.8 Å². The van der Waals surface area contributed by atoms with Crippen molar-refractivity contribution in [2.24, 2.45) is 4.99 Å². The van der Waals surface area contributed by atoms with Crippen LogP contribution in [0, 0.1) is 13.8 Å². The number of carbonyl (C=O) groups is 1. The van der Waals surface area contributed by atoms with E-state index in [2.05, 4.69) is 10.3 Å². The van der Waals surface area contributed by atoms with Gasteiger partial charge in [-0.2, -0.15) is 0 Å². The molecule has 0 radical (unpaired) electrons. The molecule has 1 amide bonds. The highest BCUT2D eigenvalue weighted by molar-refractivity contribution is 8.18. The number of aliphatic imine (C=N–C) groups is 1. The number of hydrogen-bond donors (Lipinski definition) is 1. The Balaban J connectivity index is 1.63. The van der Waals surface area contributed by atoms with E-state index in [1.807, 2.05) is 50.3 Å². The second kappa shape index (κ2) is 6.70. The topological polar surface area (TPSA) is 59.9 Å². The number of carbonyl (C=O) groups excluding carboxylic acids is 1. The van der Waals surface area contributed by atoms with E-state index in [4.69, 9.17) is 21.1 Å². The highest BCUT2D eigenvalue weighted by Crippen LogP contribution is 2.37. The standard InChI is InChI=1S/C19H15ClN2O3S/c1-10-6-15-16(25-9-24-15)7-12(10)8-17-18(23)22-19(26-17)21-14-5-3-4-13(20)11(14)2/h3-8H,9H2,1-2H3,(H,21,22,23)/b17-8-. The molecule has 0 unspecified atom stereocenters. The maximum Gasteiger partial charge on any atom is 0.264 e. The normalized spacial score (nSPS) is 18.7. The summed E-state index contributed by atoms with van der Waals surface area (Å²) in [5.74, 6) is 1.24. The SMILES string of the molecule is Cc1cc2c(cc1/C=C1\SC(=Nc3cccc(Cl)c3C)NC1=O)OCO2. The van der Waals surface area contributed by atoms with Gasteiger partial charge < -0.3 is 14.8 Å². The average molecular weight is 387 g/mol. The van der Waals surface area contributed by atoms with Crippen LogP contribution < -0.4 is 14.8 Å². The quantitative estimate of drug-likeness (QED) is 0.767. The summed E-state index contributed by atoms with van der Waals surface area (Å²) in [5.41, 5.74) is 3.53. The van der Waals surface area contributed by atoms with Crippen LogP contribution in [0.4, 0.5) is 5.69 Å². The van der Waals surface area contributed by atoms with Gasteiger partial charge in [0.25, 0.3) is 5.91 Å². The number of amidine groups is 1. The van der Waals surface area contributed by atoms with Crippen molar-refractivity contribution in [3.05, 3.63) is 56.9 Å². The highest BCUT2D eigenvalue weighted by atomic mass is 35.5. The molecule has 0 atom stereocenters. The Morgan fingerprint density at radius 1 is 1.23 bits per heavy atom. The molecule has 5 nitrogen and oxygen atoms in total. The molecule has 2 aliphatic rings. The minimum atomic E-state index is -0.175. The van der Waals surface area contributed by atoms with E-state index in [9.17, 15) is 4.79 Å². The van der Waals surface area contributed by atoms with Crippen LogP contribution in [0.1, 0.15) is 16.7 Å². The first-order chi connectivity index (χ1) is 12.5. The Bertz CT molecular complexity index is 985. The van der Waals surface area contributed by atoms with Crippen molar-refractivity contribution in [3.8, 4) is 11.5 Å². The molecule has 2 aliphatic heterocycles. The predicted molar refractivity (Wildman–Crippen MR) is 104 cm³/mol. The fraction of sp³-hybridized carbons (Fsp3) is 0.158. The number of nitrogens with one attached hydrogen (secondary N) is 1. The van der Waals surface area contributed by atoms with E-state index < -0.39 is 0 Å². The lowest BCUT2D eigenvalue weighted by atomic mass is 10.1. The van der Waals surface area contributed by atoms with Crippen LogP contribution in [-0.4, -0.2) is 17.9 Å². The van der Waals surface area contributed by atoms with Gasteiger partial charge in [0, 0.05) is 5.02 Å². The van der Waals surface area contributed by atoms with Crippen LogP contribution in [0.15, 0.2) is 40.2 Å². The lowest BCUT2D eigenvalue weighted by molar-refractivity contribution is -0.115. The molecule has 1 N–H and O–H groups in total. The van der Waals surface area contributed by atoms with E-state index in [-0.39, 0.29) is 12.7 Å². The zero-order valence-electron chi connectivity index (χ0n) is 14.1. The van der Waals surface area contributed by atoms with E-state index in [0.29, 0.717) is 20.8 Å². The molecular formula is C19H15ClN2O3S. The first kappa shape index (κ1) is 17.0.